The van der Waals surface area contributed by atoms with Crippen molar-refractivity contribution >= 4 is 0 Å². The largest absolute Gasteiger partial charge is 0.246 e. The lowest BCUT2D eigenvalue weighted by molar-refractivity contribution is 1.27. The van der Waals surface area contributed by atoms with Crippen LogP contribution in [0.25, 0.3) is 11.3 Å². The van der Waals surface area contributed by atoms with Gasteiger partial charge in [-0.2, -0.15) is 0 Å². The van der Waals surface area contributed by atoms with Crippen LogP contribution in [-0.2, 0) is 0 Å². The quantitative estimate of drug-likeness (QED) is 0.660. The summed E-state index contributed by atoms with van der Waals surface area (Å²) in [5.74, 6) is 0. The van der Waals surface area contributed by atoms with Gasteiger partial charge in [0.25, 0.3) is 0 Å². The zero-order valence-electron chi connectivity index (χ0n) is 8.41. The van der Waals surface area contributed by atoms with Crippen molar-refractivity contribution in [2.75, 3.05) is 0 Å². The molecule has 0 atom stereocenters. The molecule has 0 saturated heterocycles. The molecule has 14 heavy (non-hydrogen) atoms. The molecule has 0 N–H and O–H groups in total. The molecule has 1 nitrogen and oxygen atoms in total. The molecule has 0 aliphatic carbocycles. The van der Waals surface area contributed by atoms with Gasteiger partial charge in [-0.3, -0.25) is 0 Å². The Kier molecular flexibility index (Phi) is 2.32. The molecule has 1 heteroatoms. The van der Waals surface area contributed by atoms with Crippen LogP contribution in [0.2, 0.25) is 0 Å². The molecule has 1 aromatic heterocycles. The van der Waals surface area contributed by atoms with Crippen LogP contribution >= 0.6 is 0 Å². The fourth-order valence-corrected chi connectivity index (χ4v) is 1.37. The number of rotatable bonds is 1. The van der Waals surface area contributed by atoms with E-state index in [1.54, 1.807) is 0 Å². The summed E-state index contributed by atoms with van der Waals surface area (Å²) in [7, 11) is 0. The van der Waals surface area contributed by atoms with Gasteiger partial charge in [-0.05, 0) is 31.5 Å². The molecule has 0 amide bonds. The molecule has 0 unspecified atom stereocenters. The topological polar surface area (TPSA) is 12.9 Å². The van der Waals surface area contributed by atoms with Crippen LogP contribution in [0, 0.1) is 20.0 Å². The van der Waals surface area contributed by atoms with Crippen molar-refractivity contribution in [3.63, 3.8) is 0 Å². The summed E-state index contributed by atoms with van der Waals surface area (Å²) in [5.41, 5.74) is 4.60. The monoisotopic (exact) mass is 182 g/mol. The number of benzene rings is 1. The average Bonchev–Trinajstić information content (AvgIpc) is 2.19. The summed E-state index contributed by atoms with van der Waals surface area (Å²) in [6.45, 7) is 4.13. The highest BCUT2D eigenvalue weighted by molar-refractivity contribution is 5.59. The minimum Gasteiger partial charge on any atom is -0.246 e. The molecule has 0 spiro atoms. The Hall–Kier alpha value is -1.63. The summed E-state index contributed by atoms with van der Waals surface area (Å²) >= 11 is 0. The predicted octanol–water partition coefficient (Wildman–Crippen LogP) is 3.17. The fraction of sp³-hybridized carbons (Fsp3) is 0.154. The summed E-state index contributed by atoms with van der Waals surface area (Å²) in [4.78, 5) is 4.21. The molecule has 1 aromatic carbocycles. The van der Waals surface area contributed by atoms with Gasteiger partial charge in [0, 0.05) is 5.56 Å². The minimum atomic E-state index is 0.991. The Bertz CT molecular complexity index is 429. The zero-order valence-corrected chi connectivity index (χ0v) is 8.41. The van der Waals surface area contributed by atoms with Crippen LogP contribution in [0.1, 0.15) is 11.1 Å². The van der Waals surface area contributed by atoms with Crippen LogP contribution in [0.15, 0.2) is 36.4 Å². The molecule has 0 fully saturated rings. The van der Waals surface area contributed by atoms with Gasteiger partial charge in [0.1, 0.15) is 0 Å². The Labute approximate surface area is 84.4 Å². The third-order valence-electron chi connectivity index (χ3n) is 2.19. The summed E-state index contributed by atoms with van der Waals surface area (Å²) in [6, 6.07) is 12.3. The molecule has 1 heterocycles. The molecule has 1 radical (unpaired) electrons. The highest BCUT2D eigenvalue weighted by Crippen LogP contribution is 2.17. The van der Waals surface area contributed by atoms with E-state index in [9.17, 15) is 0 Å². The van der Waals surface area contributed by atoms with E-state index in [2.05, 4.69) is 55.4 Å². The van der Waals surface area contributed by atoms with Crippen LogP contribution < -0.4 is 0 Å². The SMILES string of the molecule is Cc1ccc(-c2cc(C)c[c]n2)cc1. The van der Waals surface area contributed by atoms with Crippen LogP contribution in [0.4, 0.5) is 0 Å². The molecule has 0 bridgehead atoms. The van der Waals surface area contributed by atoms with Crippen molar-refractivity contribution in [2.24, 2.45) is 0 Å². The van der Waals surface area contributed by atoms with E-state index in [1.165, 1.54) is 11.1 Å². The molecule has 0 aliphatic heterocycles. The fourth-order valence-electron chi connectivity index (χ4n) is 1.37. The molecule has 69 valence electrons. The lowest BCUT2D eigenvalue weighted by atomic mass is 10.1. The number of aryl methyl sites for hydroxylation is 2. The first kappa shape index (κ1) is 8.95. The predicted molar refractivity (Wildman–Crippen MR) is 58.0 cm³/mol. The average molecular weight is 182 g/mol. The summed E-state index contributed by atoms with van der Waals surface area (Å²) < 4.78 is 0. The molecule has 0 aliphatic rings. The normalized spacial score (nSPS) is 10.1. The highest BCUT2D eigenvalue weighted by Gasteiger charge is 1.98. The van der Waals surface area contributed by atoms with E-state index in [1.807, 2.05) is 6.07 Å². The number of aromatic nitrogens is 1. The van der Waals surface area contributed by atoms with Gasteiger partial charge in [0.2, 0.25) is 0 Å². The lowest BCUT2D eigenvalue weighted by Crippen LogP contribution is -1.84. The Morgan fingerprint density at radius 3 is 2.36 bits per heavy atom. The summed E-state index contributed by atoms with van der Waals surface area (Å²) in [5, 5.41) is 0. The second kappa shape index (κ2) is 3.62. The van der Waals surface area contributed by atoms with Gasteiger partial charge in [0.05, 0.1) is 11.9 Å². The van der Waals surface area contributed by atoms with Crippen molar-refractivity contribution in [1.82, 2.24) is 4.98 Å². The van der Waals surface area contributed by atoms with Gasteiger partial charge >= 0.3 is 0 Å². The number of nitrogens with zero attached hydrogens (tertiary/aromatic N) is 1. The van der Waals surface area contributed by atoms with Crippen molar-refractivity contribution in [3.05, 3.63) is 53.7 Å². The molecular weight excluding hydrogens is 170 g/mol. The van der Waals surface area contributed by atoms with E-state index >= 15 is 0 Å². The Morgan fingerprint density at radius 1 is 1.00 bits per heavy atom. The van der Waals surface area contributed by atoms with Crippen molar-refractivity contribution < 1.29 is 0 Å². The van der Waals surface area contributed by atoms with Crippen LogP contribution in [0.5, 0.6) is 0 Å². The first-order valence-electron chi connectivity index (χ1n) is 4.67. The lowest BCUT2D eigenvalue weighted by Gasteiger charge is -2.01. The maximum absolute atomic E-state index is 4.21. The molecular formula is C13H12N. The highest BCUT2D eigenvalue weighted by atomic mass is 14.7. The van der Waals surface area contributed by atoms with E-state index in [-0.39, 0.29) is 0 Å². The summed E-state index contributed by atoms with van der Waals surface area (Å²) in [6.07, 6.45) is 2.89. The first-order valence-corrected chi connectivity index (χ1v) is 4.67. The van der Waals surface area contributed by atoms with Crippen molar-refractivity contribution in [1.29, 1.82) is 0 Å². The van der Waals surface area contributed by atoms with Crippen LogP contribution in [0.3, 0.4) is 0 Å². The zero-order chi connectivity index (χ0) is 9.97. The van der Waals surface area contributed by atoms with E-state index in [4.69, 9.17) is 0 Å². The second-order valence-corrected chi connectivity index (χ2v) is 3.52. The van der Waals surface area contributed by atoms with E-state index < -0.39 is 0 Å². The number of hydrogen-bond acceptors (Lipinski definition) is 1. The van der Waals surface area contributed by atoms with Gasteiger partial charge < -0.3 is 0 Å². The number of pyridine rings is 1. The van der Waals surface area contributed by atoms with Crippen molar-refractivity contribution in [2.45, 2.75) is 13.8 Å². The minimum absolute atomic E-state index is 0.991. The van der Waals surface area contributed by atoms with Gasteiger partial charge in [0.15, 0.2) is 0 Å². The van der Waals surface area contributed by atoms with E-state index in [0.717, 1.165) is 11.3 Å². The Morgan fingerprint density at radius 2 is 1.71 bits per heavy atom. The maximum atomic E-state index is 4.21. The standard InChI is InChI=1S/C13H12N/c1-10-3-5-12(6-4-10)13-9-11(2)7-8-14-13/h3-7,9H,1-2H3. The van der Waals surface area contributed by atoms with Crippen LogP contribution in [-0.4, -0.2) is 4.98 Å². The smallest absolute Gasteiger partial charge is 0.0896 e. The maximum Gasteiger partial charge on any atom is 0.0896 e. The third kappa shape index (κ3) is 1.82. The molecule has 0 saturated carbocycles. The molecule has 2 rings (SSSR count). The van der Waals surface area contributed by atoms with Gasteiger partial charge in [-0.25, -0.2) is 4.98 Å². The van der Waals surface area contributed by atoms with Gasteiger partial charge in [-0.15, -0.1) is 0 Å². The van der Waals surface area contributed by atoms with E-state index in [0.29, 0.717) is 0 Å². The Balaban J connectivity index is 2.44. The third-order valence-corrected chi connectivity index (χ3v) is 2.19. The molecule has 2 aromatic rings. The number of hydrogen-bond donors (Lipinski definition) is 0. The van der Waals surface area contributed by atoms with Gasteiger partial charge in [-0.1, -0.05) is 29.8 Å². The second-order valence-electron chi connectivity index (χ2n) is 3.52. The first-order chi connectivity index (χ1) is 6.75. The van der Waals surface area contributed by atoms with Crippen molar-refractivity contribution in [3.8, 4) is 11.3 Å².